The molecule has 0 spiro atoms. The molecule has 1 N–H and O–H groups in total. The fraction of sp³-hybridized carbons (Fsp3) is 0.556. The van der Waals surface area contributed by atoms with E-state index in [4.69, 9.17) is 4.74 Å². The third-order valence-electron chi connectivity index (χ3n) is 4.36. The zero-order valence-corrected chi connectivity index (χ0v) is 15.0. The van der Waals surface area contributed by atoms with Crippen molar-refractivity contribution in [1.82, 2.24) is 15.1 Å². The van der Waals surface area contributed by atoms with Gasteiger partial charge in [-0.1, -0.05) is 19.3 Å². The summed E-state index contributed by atoms with van der Waals surface area (Å²) in [6.07, 6.45) is 8.96. The van der Waals surface area contributed by atoms with Crippen LogP contribution in [-0.4, -0.2) is 43.1 Å². The largest absolute Gasteiger partial charge is 0.496 e. The number of methoxy groups -OCH3 is 2. The van der Waals surface area contributed by atoms with Crippen molar-refractivity contribution in [2.45, 2.75) is 38.1 Å². The minimum absolute atomic E-state index is 0.408. The maximum Gasteiger partial charge on any atom is 0.341 e. The smallest absolute Gasteiger partial charge is 0.341 e. The monoisotopic (exact) mass is 333 g/mol. The van der Waals surface area contributed by atoms with E-state index in [1.54, 1.807) is 16.8 Å². The number of fused-ring (bicyclic) bond motifs is 1. The molecule has 0 radical (unpaired) electrons. The lowest BCUT2D eigenvalue weighted by Gasteiger charge is -2.20. The Balaban J connectivity index is 0.000000219. The number of carbonyl (C=O) groups excluding carboxylic acids is 1. The minimum atomic E-state index is -0.414. The van der Waals surface area contributed by atoms with E-state index in [1.807, 2.05) is 13.2 Å². The molecule has 0 unspecified atom stereocenters. The molecule has 0 saturated heterocycles. The van der Waals surface area contributed by atoms with Gasteiger partial charge in [0.2, 0.25) is 0 Å². The lowest BCUT2D eigenvalue weighted by atomic mass is 9.96. The van der Waals surface area contributed by atoms with Gasteiger partial charge in [-0.2, -0.15) is 5.10 Å². The van der Waals surface area contributed by atoms with Crippen LogP contribution in [0.2, 0.25) is 0 Å². The molecule has 1 aliphatic rings. The van der Waals surface area contributed by atoms with Gasteiger partial charge in [-0.05, 0) is 26.0 Å². The zero-order chi connectivity index (χ0) is 17.5. The van der Waals surface area contributed by atoms with Gasteiger partial charge in [-0.25, -0.2) is 4.79 Å². The molecule has 1 saturated carbocycles. The molecule has 6 nitrogen and oxygen atoms in total. The first-order valence-electron chi connectivity index (χ1n) is 8.36. The second kappa shape index (κ2) is 8.68. The summed E-state index contributed by atoms with van der Waals surface area (Å²) in [6.45, 7) is 0. The van der Waals surface area contributed by atoms with Crippen LogP contribution in [-0.2, 0) is 11.8 Å². The Morgan fingerprint density at radius 1 is 1.25 bits per heavy atom. The Morgan fingerprint density at radius 2 is 1.96 bits per heavy atom. The molecule has 2 aromatic rings. The third-order valence-corrected chi connectivity index (χ3v) is 4.36. The van der Waals surface area contributed by atoms with Crippen LogP contribution in [0.3, 0.4) is 0 Å². The number of hydrogen-bond donors (Lipinski definition) is 1. The van der Waals surface area contributed by atoms with Gasteiger partial charge in [-0.3, -0.25) is 4.68 Å². The Labute approximate surface area is 143 Å². The second-order valence-corrected chi connectivity index (χ2v) is 6.03. The van der Waals surface area contributed by atoms with Crippen LogP contribution < -0.4 is 10.1 Å². The average molecular weight is 333 g/mol. The van der Waals surface area contributed by atoms with Crippen molar-refractivity contribution in [3.05, 3.63) is 23.9 Å². The summed E-state index contributed by atoms with van der Waals surface area (Å²) in [6, 6.07) is 4.28. The minimum Gasteiger partial charge on any atom is -0.496 e. The number of aryl methyl sites for hydroxylation is 1. The molecule has 6 heteroatoms. The molecule has 0 aliphatic heterocycles. The average Bonchev–Trinajstić information content (AvgIpc) is 3.00. The van der Waals surface area contributed by atoms with Crippen LogP contribution in [0, 0.1) is 0 Å². The predicted octanol–water partition coefficient (Wildman–Crippen LogP) is 2.91. The lowest BCUT2D eigenvalue weighted by Crippen LogP contribution is -2.26. The van der Waals surface area contributed by atoms with E-state index in [-0.39, 0.29) is 0 Å². The van der Waals surface area contributed by atoms with Crippen molar-refractivity contribution in [3.8, 4) is 5.75 Å². The number of ether oxygens (including phenoxy) is 2. The number of esters is 1. The number of nitrogens with one attached hydrogen (secondary N) is 1. The molecular formula is C18H27N3O3. The van der Waals surface area contributed by atoms with Crippen LogP contribution in [0.25, 0.3) is 10.9 Å². The van der Waals surface area contributed by atoms with E-state index in [1.165, 1.54) is 46.3 Å². The molecule has 1 fully saturated rings. The molecule has 0 atom stereocenters. The molecule has 0 amide bonds. The highest BCUT2D eigenvalue weighted by atomic mass is 16.5. The van der Waals surface area contributed by atoms with Crippen LogP contribution in [0.4, 0.5) is 0 Å². The maximum absolute atomic E-state index is 11.5. The fourth-order valence-corrected chi connectivity index (χ4v) is 3.01. The molecule has 1 aromatic carbocycles. The number of rotatable bonds is 3. The van der Waals surface area contributed by atoms with E-state index in [9.17, 15) is 4.79 Å². The van der Waals surface area contributed by atoms with E-state index < -0.39 is 5.97 Å². The Kier molecular flexibility index (Phi) is 6.61. The molecule has 0 bridgehead atoms. The van der Waals surface area contributed by atoms with E-state index in [0.717, 1.165) is 16.9 Å². The van der Waals surface area contributed by atoms with E-state index in [0.29, 0.717) is 11.3 Å². The van der Waals surface area contributed by atoms with Crippen molar-refractivity contribution in [2.75, 3.05) is 21.3 Å². The number of nitrogens with zero attached hydrogens (tertiary/aromatic N) is 2. The number of benzene rings is 1. The molecule has 1 aliphatic carbocycles. The standard InChI is InChI=1S/C11H12N2O3.C7H15N/c1-13-6-7-4-8(11(14)16-3)10(15-2)5-9(7)12-13;1-8-7-5-3-2-4-6-7/h4-6H,1-3H3;7-8H,2-6H2,1H3. The van der Waals surface area contributed by atoms with E-state index >= 15 is 0 Å². The van der Waals surface area contributed by atoms with Crippen LogP contribution in [0.15, 0.2) is 18.3 Å². The summed E-state index contributed by atoms with van der Waals surface area (Å²) < 4.78 is 11.5. The summed E-state index contributed by atoms with van der Waals surface area (Å²) in [5, 5.41) is 8.41. The molecule has 3 rings (SSSR count). The maximum atomic E-state index is 11.5. The Hall–Kier alpha value is -2.08. The van der Waals surface area contributed by atoms with Crippen molar-refractivity contribution in [1.29, 1.82) is 0 Å². The van der Waals surface area contributed by atoms with Crippen molar-refractivity contribution < 1.29 is 14.3 Å². The summed E-state index contributed by atoms with van der Waals surface area (Å²) in [5.41, 5.74) is 1.19. The molecule has 1 heterocycles. The van der Waals surface area contributed by atoms with Crippen LogP contribution in [0.5, 0.6) is 5.75 Å². The van der Waals surface area contributed by atoms with Gasteiger partial charge in [0, 0.05) is 30.7 Å². The summed E-state index contributed by atoms with van der Waals surface area (Å²) in [4.78, 5) is 11.5. The molecular weight excluding hydrogens is 306 g/mol. The normalized spacial score (nSPS) is 14.8. The third kappa shape index (κ3) is 4.47. The summed E-state index contributed by atoms with van der Waals surface area (Å²) >= 11 is 0. The second-order valence-electron chi connectivity index (χ2n) is 6.03. The van der Waals surface area contributed by atoms with Gasteiger partial charge in [0.1, 0.15) is 11.3 Å². The highest BCUT2D eigenvalue weighted by Crippen LogP contribution is 2.25. The number of aromatic nitrogens is 2. The molecule has 24 heavy (non-hydrogen) atoms. The van der Waals surface area contributed by atoms with Crippen molar-refractivity contribution in [2.24, 2.45) is 7.05 Å². The van der Waals surface area contributed by atoms with Gasteiger partial charge in [0.25, 0.3) is 0 Å². The number of hydrogen-bond acceptors (Lipinski definition) is 5. The topological polar surface area (TPSA) is 65.4 Å². The van der Waals surface area contributed by atoms with Crippen molar-refractivity contribution >= 4 is 16.9 Å². The van der Waals surface area contributed by atoms with Crippen molar-refractivity contribution in [3.63, 3.8) is 0 Å². The van der Waals surface area contributed by atoms with E-state index in [2.05, 4.69) is 22.2 Å². The van der Waals surface area contributed by atoms with Crippen LogP contribution in [0.1, 0.15) is 42.5 Å². The summed E-state index contributed by atoms with van der Waals surface area (Å²) in [5.74, 6) is 0.0562. The zero-order valence-electron chi connectivity index (χ0n) is 15.0. The Bertz CT molecular complexity index is 675. The van der Waals surface area contributed by atoms with Gasteiger partial charge < -0.3 is 14.8 Å². The lowest BCUT2D eigenvalue weighted by molar-refractivity contribution is 0.0597. The molecule has 1 aromatic heterocycles. The highest BCUT2D eigenvalue weighted by molar-refractivity contribution is 5.97. The highest BCUT2D eigenvalue weighted by Gasteiger charge is 2.15. The van der Waals surface area contributed by atoms with Gasteiger partial charge in [0.05, 0.1) is 19.7 Å². The molecule has 132 valence electrons. The quantitative estimate of drug-likeness (QED) is 0.875. The van der Waals surface area contributed by atoms with Gasteiger partial charge in [-0.15, -0.1) is 0 Å². The Morgan fingerprint density at radius 3 is 2.50 bits per heavy atom. The first kappa shape index (κ1) is 18.3. The van der Waals surface area contributed by atoms with Crippen LogP contribution >= 0.6 is 0 Å². The number of carbonyl (C=O) groups is 1. The van der Waals surface area contributed by atoms with Gasteiger partial charge in [0.15, 0.2) is 0 Å². The predicted molar refractivity (Wildman–Crippen MR) is 94.5 cm³/mol. The first-order chi connectivity index (χ1) is 11.6. The van der Waals surface area contributed by atoms with Gasteiger partial charge >= 0.3 is 5.97 Å². The first-order valence-corrected chi connectivity index (χ1v) is 8.36. The SMILES string of the molecule is CNC1CCCCC1.COC(=O)c1cc2cn(C)nc2cc1OC. The fourth-order valence-electron chi connectivity index (χ4n) is 3.01. The summed E-state index contributed by atoms with van der Waals surface area (Å²) in [7, 11) is 6.74.